The van der Waals surface area contributed by atoms with Gasteiger partial charge in [-0.25, -0.2) is 8.42 Å². The van der Waals surface area contributed by atoms with Gasteiger partial charge >= 0.3 is 0 Å². The van der Waals surface area contributed by atoms with Crippen molar-refractivity contribution in [3.8, 4) is 0 Å². The van der Waals surface area contributed by atoms with Crippen molar-refractivity contribution in [2.75, 3.05) is 13.1 Å². The van der Waals surface area contributed by atoms with Gasteiger partial charge in [0.05, 0.1) is 4.90 Å². The molecular formula is C13H22N2O2S. The second kappa shape index (κ2) is 5.82. The van der Waals surface area contributed by atoms with Gasteiger partial charge in [-0.3, -0.25) is 0 Å². The maximum absolute atomic E-state index is 12.6. The maximum Gasteiger partial charge on any atom is 0.243 e. The summed E-state index contributed by atoms with van der Waals surface area (Å²) in [5, 5.41) is 0. The Labute approximate surface area is 110 Å². The fourth-order valence-electron chi connectivity index (χ4n) is 1.77. The van der Waals surface area contributed by atoms with Crippen molar-refractivity contribution in [3.05, 3.63) is 30.3 Å². The number of nitrogens with two attached hydrogens (primary N) is 1. The van der Waals surface area contributed by atoms with Crippen LogP contribution in [0.5, 0.6) is 0 Å². The van der Waals surface area contributed by atoms with Crippen LogP contribution in [0.25, 0.3) is 0 Å². The summed E-state index contributed by atoms with van der Waals surface area (Å²) in [6.07, 6.45) is 0.759. The van der Waals surface area contributed by atoms with Crippen molar-refractivity contribution >= 4 is 10.0 Å². The standard InChI is InChI=1S/C13H22N2O2S/c1-4-10-15(13(2,3)11-14)18(16,17)12-8-6-5-7-9-12/h5-9H,4,10-11,14H2,1-3H3. The minimum atomic E-state index is -3.48. The second-order valence-electron chi connectivity index (χ2n) is 4.91. The molecule has 0 aromatic heterocycles. The van der Waals surface area contributed by atoms with Crippen LogP contribution in [0.2, 0.25) is 0 Å². The topological polar surface area (TPSA) is 63.4 Å². The number of nitrogens with zero attached hydrogens (tertiary/aromatic N) is 1. The lowest BCUT2D eigenvalue weighted by Gasteiger charge is -2.36. The van der Waals surface area contributed by atoms with E-state index in [1.807, 2.05) is 20.8 Å². The first-order valence-electron chi connectivity index (χ1n) is 6.14. The smallest absolute Gasteiger partial charge is 0.243 e. The number of hydrogen-bond acceptors (Lipinski definition) is 3. The summed E-state index contributed by atoms with van der Waals surface area (Å²) in [6.45, 7) is 6.42. The zero-order valence-electron chi connectivity index (χ0n) is 11.3. The van der Waals surface area contributed by atoms with Gasteiger partial charge in [0.25, 0.3) is 0 Å². The molecule has 1 rings (SSSR count). The Morgan fingerprint density at radius 3 is 2.22 bits per heavy atom. The number of rotatable bonds is 6. The van der Waals surface area contributed by atoms with Crippen molar-refractivity contribution < 1.29 is 8.42 Å². The summed E-state index contributed by atoms with van der Waals surface area (Å²) in [4.78, 5) is 0.319. The Bertz CT molecular complexity index is 469. The van der Waals surface area contributed by atoms with Crippen molar-refractivity contribution in [3.63, 3.8) is 0 Å². The van der Waals surface area contributed by atoms with Crippen LogP contribution < -0.4 is 5.73 Å². The molecule has 0 aliphatic rings. The van der Waals surface area contributed by atoms with E-state index in [9.17, 15) is 8.42 Å². The van der Waals surface area contributed by atoms with Crippen molar-refractivity contribution in [1.82, 2.24) is 4.31 Å². The van der Waals surface area contributed by atoms with E-state index in [-0.39, 0.29) is 0 Å². The third kappa shape index (κ3) is 3.10. The van der Waals surface area contributed by atoms with Gasteiger partial charge in [-0.1, -0.05) is 25.1 Å². The molecule has 0 heterocycles. The van der Waals surface area contributed by atoms with E-state index in [2.05, 4.69) is 0 Å². The molecule has 1 aromatic carbocycles. The van der Waals surface area contributed by atoms with Crippen LogP contribution in [-0.4, -0.2) is 31.4 Å². The van der Waals surface area contributed by atoms with Crippen molar-refractivity contribution in [2.24, 2.45) is 5.73 Å². The average Bonchev–Trinajstić information content (AvgIpc) is 2.36. The first kappa shape index (κ1) is 15.1. The van der Waals surface area contributed by atoms with Crippen LogP contribution in [-0.2, 0) is 10.0 Å². The van der Waals surface area contributed by atoms with Crippen LogP contribution in [0.4, 0.5) is 0 Å². The predicted molar refractivity (Wildman–Crippen MR) is 73.8 cm³/mol. The zero-order chi connectivity index (χ0) is 13.8. The predicted octanol–water partition coefficient (Wildman–Crippen LogP) is 1.82. The van der Waals surface area contributed by atoms with Gasteiger partial charge in [0.1, 0.15) is 0 Å². The third-order valence-corrected chi connectivity index (χ3v) is 5.06. The quantitative estimate of drug-likeness (QED) is 0.857. The number of benzene rings is 1. The molecule has 0 fully saturated rings. The number of sulfonamides is 1. The lowest BCUT2D eigenvalue weighted by Crippen LogP contribution is -2.52. The van der Waals surface area contributed by atoms with E-state index in [4.69, 9.17) is 5.73 Å². The molecule has 18 heavy (non-hydrogen) atoms. The molecule has 5 heteroatoms. The van der Waals surface area contributed by atoms with E-state index in [1.54, 1.807) is 30.3 Å². The minimum Gasteiger partial charge on any atom is -0.329 e. The molecule has 0 unspecified atom stereocenters. The molecule has 0 saturated carbocycles. The highest BCUT2D eigenvalue weighted by Gasteiger charge is 2.35. The first-order valence-corrected chi connectivity index (χ1v) is 7.58. The largest absolute Gasteiger partial charge is 0.329 e. The Balaban J connectivity index is 3.22. The number of hydrogen-bond donors (Lipinski definition) is 1. The molecule has 0 saturated heterocycles. The third-order valence-electron chi connectivity index (χ3n) is 2.93. The van der Waals surface area contributed by atoms with E-state index in [1.165, 1.54) is 4.31 Å². The van der Waals surface area contributed by atoms with Gasteiger partial charge in [0, 0.05) is 18.6 Å². The zero-order valence-corrected chi connectivity index (χ0v) is 12.1. The molecular weight excluding hydrogens is 248 g/mol. The van der Waals surface area contributed by atoms with Crippen LogP contribution in [0.15, 0.2) is 35.2 Å². The van der Waals surface area contributed by atoms with Crippen LogP contribution in [0.1, 0.15) is 27.2 Å². The van der Waals surface area contributed by atoms with E-state index >= 15 is 0 Å². The first-order chi connectivity index (χ1) is 8.36. The fourth-order valence-corrected chi connectivity index (χ4v) is 3.68. The molecule has 102 valence electrons. The normalized spacial score (nSPS) is 12.9. The van der Waals surface area contributed by atoms with Crippen molar-refractivity contribution in [1.29, 1.82) is 0 Å². The summed E-state index contributed by atoms with van der Waals surface area (Å²) < 4.78 is 26.7. The molecule has 1 aromatic rings. The Hall–Kier alpha value is -0.910. The molecule has 0 bridgehead atoms. The molecule has 0 radical (unpaired) electrons. The highest BCUT2D eigenvalue weighted by atomic mass is 32.2. The van der Waals surface area contributed by atoms with Gasteiger partial charge in [0.2, 0.25) is 10.0 Å². The summed E-state index contributed by atoms with van der Waals surface area (Å²) >= 11 is 0. The van der Waals surface area contributed by atoms with Gasteiger partial charge in [-0.2, -0.15) is 4.31 Å². The van der Waals surface area contributed by atoms with Crippen LogP contribution >= 0.6 is 0 Å². The highest BCUT2D eigenvalue weighted by molar-refractivity contribution is 7.89. The summed E-state index contributed by atoms with van der Waals surface area (Å²) in [7, 11) is -3.48. The van der Waals surface area contributed by atoms with E-state index in [0.29, 0.717) is 18.0 Å². The van der Waals surface area contributed by atoms with Crippen molar-refractivity contribution in [2.45, 2.75) is 37.6 Å². The molecule has 0 aliphatic carbocycles. The molecule has 0 amide bonds. The lowest BCUT2D eigenvalue weighted by molar-refractivity contribution is 0.235. The molecule has 0 spiro atoms. The van der Waals surface area contributed by atoms with Gasteiger partial charge in [-0.05, 0) is 32.4 Å². The fraction of sp³-hybridized carbons (Fsp3) is 0.538. The molecule has 0 atom stereocenters. The summed E-state index contributed by atoms with van der Waals surface area (Å²) in [6, 6.07) is 8.49. The van der Waals surface area contributed by atoms with E-state index in [0.717, 1.165) is 6.42 Å². The lowest BCUT2D eigenvalue weighted by atomic mass is 10.1. The molecule has 0 aliphatic heterocycles. The van der Waals surface area contributed by atoms with Gasteiger partial charge in [0.15, 0.2) is 0 Å². The summed E-state index contributed by atoms with van der Waals surface area (Å²) in [5.41, 5.74) is 5.13. The minimum absolute atomic E-state index is 0.291. The average molecular weight is 270 g/mol. The van der Waals surface area contributed by atoms with E-state index < -0.39 is 15.6 Å². The Morgan fingerprint density at radius 2 is 1.78 bits per heavy atom. The second-order valence-corrected chi connectivity index (χ2v) is 6.77. The Morgan fingerprint density at radius 1 is 1.22 bits per heavy atom. The SMILES string of the molecule is CCCN(C(C)(C)CN)S(=O)(=O)c1ccccc1. The summed E-state index contributed by atoms with van der Waals surface area (Å²) in [5.74, 6) is 0. The van der Waals surface area contributed by atoms with Gasteiger partial charge in [-0.15, -0.1) is 0 Å². The molecule has 4 nitrogen and oxygen atoms in total. The molecule has 2 N–H and O–H groups in total. The monoisotopic (exact) mass is 270 g/mol. The Kier molecular flexibility index (Phi) is 4.90. The maximum atomic E-state index is 12.6. The van der Waals surface area contributed by atoms with Crippen LogP contribution in [0.3, 0.4) is 0 Å². The highest BCUT2D eigenvalue weighted by Crippen LogP contribution is 2.24. The van der Waals surface area contributed by atoms with Crippen LogP contribution in [0, 0.1) is 0 Å². The van der Waals surface area contributed by atoms with Gasteiger partial charge < -0.3 is 5.73 Å².